The zero-order valence-corrected chi connectivity index (χ0v) is 17.1. The molecule has 1 N–H and O–H groups in total. The van der Waals surface area contributed by atoms with Gasteiger partial charge in [0.2, 0.25) is 5.91 Å². The molecular formula is C21H25ClN3O3-. The Morgan fingerprint density at radius 3 is 2.43 bits per heavy atom. The fourth-order valence-corrected chi connectivity index (χ4v) is 3.30. The van der Waals surface area contributed by atoms with E-state index in [0.717, 1.165) is 35.3 Å². The molecule has 1 heterocycles. The summed E-state index contributed by atoms with van der Waals surface area (Å²) in [5, 5.41) is 2.73. The smallest absolute Gasteiger partial charge is 0.411 e. The van der Waals surface area contributed by atoms with Crippen molar-refractivity contribution in [2.75, 3.05) is 37.5 Å². The van der Waals surface area contributed by atoms with Crippen LogP contribution in [0.2, 0.25) is 0 Å². The lowest BCUT2D eigenvalue weighted by atomic mass is 10.0. The maximum Gasteiger partial charge on any atom is 0.411 e. The molecule has 0 radical (unpaired) electrons. The number of benzene rings is 2. The highest BCUT2D eigenvalue weighted by molar-refractivity contribution is 6.04. The Morgan fingerprint density at radius 2 is 1.75 bits per heavy atom. The number of aryl methyl sites for hydroxylation is 2. The molecule has 2 aromatic rings. The molecule has 0 fully saturated rings. The first-order chi connectivity index (χ1) is 13.0. The second-order valence-corrected chi connectivity index (χ2v) is 6.78. The Balaban J connectivity index is 0.00000280. The summed E-state index contributed by atoms with van der Waals surface area (Å²) in [5.74, 6) is -0.0103. The number of rotatable bonds is 4. The van der Waals surface area contributed by atoms with Gasteiger partial charge in [0.05, 0.1) is 24.5 Å². The van der Waals surface area contributed by atoms with E-state index >= 15 is 0 Å². The van der Waals surface area contributed by atoms with Crippen LogP contribution in [0.1, 0.15) is 18.1 Å². The zero-order chi connectivity index (χ0) is 19.4. The molecule has 1 aliphatic heterocycles. The lowest BCUT2D eigenvalue weighted by Gasteiger charge is -2.27. The Bertz CT molecular complexity index is 855. The third kappa shape index (κ3) is 4.82. The molecule has 0 saturated carbocycles. The van der Waals surface area contributed by atoms with Crippen LogP contribution in [0, 0.1) is 0 Å². The van der Waals surface area contributed by atoms with Crippen LogP contribution in [0.4, 0.5) is 21.9 Å². The molecule has 6 nitrogen and oxygen atoms in total. The molecule has 0 atom stereocenters. The van der Waals surface area contributed by atoms with E-state index in [9.17, 15) is 9.59 Å². The number of fused-ring (bicyclic) bond motifs is 2. The van der Waals surface area contributed by atoms with E-state index in [1.165, 1.54) is 0 Å². The molecule has 3 rings (SSSR count). The molecule has 2 amide bonds. The fraction of sp³-hybridized carbons (Fsp3) is 0.333. The van der Waals surface area contributed by atoms with Crippen LogP contribution in [0.15, 0.2) is 42.5 Å². The van der Waals surface area contributed by atoms with Crippen LogP contribution in [-0.4, -0.2) is 44.1 Å². The predicted octanol–water partition coefficient (Wildman–Crippen LogP) is 0.584. The molecular weight excluding hydrogens is 378 g/mol. The summed E-state index contributed by atoms with van der Waals surface area (Å²) in [5.41, 5.74) is 4.53. The molecule has 28 heavy (non-hydrogen) atoms. The number of carbonyl (C=O) groups excluding carboxylic acids is 2. The van der Waals surface area contributed by atoms with Crippen LogP contribution in [0.3, 0.4) is 0 Å². The zero-order valence-electron chi connectivity index (χ0n) is 16.4. The van der Waals surface area contributed by atoms with Gasteiger partial charge in [-0.15, -0.1) is 0 Å². The number of likely N-dealkylation sites (N-methyl/N-ethyl adjacent to an activating group) is 1. The lowest BCUT2D eigenvalue weighted by Crippen LogP contribution is -3.00. The van der Waals surface area contributed by atoms with Gasteiger partial charge in [-0.2, -0.15) is 0 Å². The van der Waals surface area contributed by atoms with E-state index in [1.54, 1.807) is 11.8 Å². The van der Waals surface area contributed by atoms with Crippen molar-refractivity contribution in [3.05, 3.63) is 53.6 Å². The number of ether oxygens (including phenoxy) is 1. The topological polar surface area (TPSA) is 61.9 Å². The molecule has 150 valence electrons. The summed E-state index contributed by atoms with van der Waals surface area (Å²) in [6, 6.07) is 13.6. The number of halogens is 1. The van der Waals surface area contributed by atoms with Gasteiger partial charge in [0.25, 0.3) is 0 Å². The van der Waals surface area contributed by atoms with Crippen LogP contribution in [-0.2, 0) is 22.4 Å². The van der Waals surface area contributed by atoms with Gasteiger partial charge in [0, 0.05) is 5.69 Å². The van der Waals surface area contributed by atoms with E-state index in [1.807, 2.05) is 55.4 Å². The van der Waals surface area contributed by atoms with E-state index in [-0.39, 0.29) is 18.3 Å². The minimum Gasteiger partial charge on any atom is -1.00 e. The SMILES string of the molecule is CCOC(=O)Nc1ccc2c(c1)N(C(=O)CN(C)C)c1ccccc1CC2.[Cl-]. The van der Waals surface area contributed by atoms with Gasteiger partial charge in [0.15, 0.2) is 0 Å². The van der Waals surface area contributed by atoms with E-state index in [0.29, 0.717) is 18.8 Å². The molecule has 2 aromatic carbocycles. The standard InChI is InChI=1S/C21H25N3O3.ClH/c1-4-27-21(26)22-17-12-11-16-10-9-15-7-5-6-8-18(15)24(19(16)13-17)20(25)14-23(2)3;/h5-8,11-13H,4,9-10,14H2,1-3H3,(H,22,26);1H/p-1. The van der Waals surface area contributed by atoms with Gasteiger partial charge >= 0.3 is 6.09 Å². The third-order valence-corrected chi connectivity index (χ3v) is 4.45. The predicted molar refractivity (Wildman–Crippen MR) is 107 cm³/mol. The van der Waals surface area contributed by atoms with Gasteiger partial charge in [-0.25, -0.2) is 4.79 Å². The van der Waals surface area contributed by atoms with Gasteiger partial charge in [-0.05, 0) is 63.2 Å². The molecule has 0 saturated heterocycles. The highest BCUT2D eigenvalue weighted by atomic mass is 35.5. The Hall–Kier alpha value is -2.57. The van der Waals surface area contributed by atoms with E-state index < -0.39 is 6.09 Å². The molecule has 1 aliphatic rings. The van der Waals surface area contributed by atoms with Gasteiger partial charge < -0.3 is 22.0 Å². The highest BCUT2D eigenvalue weighted by Crippen LogP contribution is 2.37. The van der Waals surface area contributed by atoms with E-state index in [4.69, 9.17) is 4.74 Å². The lowest BCUT2D eigenvalue weighted by molar-refractivity contribution is -0.118. The van der Waals surface area contributed by atoms with Crippen LogP contribution < -0.4 is 22.6 Å². The van der Waals surface area contributed by atoms with Crippen molar-refractivity contribution in [1.29, 1.82) is 0 Å². The molecule has 0 bridgehead atoms. The monoisotopic (exact) mass is 402 g/mol. The largest absolute Gasteiger partial charge is 1.00 e. The summed E-state index contributed by atoms with van der Waals surface area (Å²) in [6.45, 7) is 2.36. The number of carbonyl (C=O) groups is 2. The number of hydrogen-bond acceptors (Lipinski definition) is 4. The van der Waals surface area contributed by atoms with Crippen molar-refractivity contribution in [3.63, 3.8) is 0 Å². The Labute approximate surface area is 171 Å². The summed E-state index contributed by atoms with van der Waals surface area (Å²) in [4.78, 5) is 28.5. The normalized spacial score (nSPS) is 12.4. The molecule has 0 unspecified atom stereocenters. The quantitative estimate of drug-likeness (QED) is 0.812. The van der Waals surface area contributed by atoms with E-state index in [2.05, 4.69) is 11.4 Å². The first-order valence-electron chi connectivity index (χ1n) is 9.12. The summed E-state index contributed by atoms with van der Waals surface area (Å²) >= 11 is 0. The van der Waals surface area contributed by atoms with Gasteiger partial charge in [-0.3, -0.25) is 15.0 Å². The molecule has 7 heteroatoms. The maximum absolute atomic E-state index is 13.1. The molecule has 0 aromatic heterocycles. The average Bonchev–Trinajstić information content (AvgIpc) is 2.77. The van der Waals surface area contributed by atoms with Crippen LogP contribution >= 0.6 is 0 Å². The second-order valence-electron chi connectivity index (χ2n) is 6.78. The first kappa shape index (κ1) is 21.7. The minimum atomic E-state index is -0.502. The highest BCUT2D eigenvalue weighted by Gasteiger charge is 2.26. The van der Waals surface area contributed by atoms with Gasteiger partial charge in [0.1, 0.15) is 0 Å². The second kappa shape index (κ2) is 9.57. The maximum atomic E-state index is 13.1. The number of anilines is 3. The molecule has 0 aliphatic carbocycles. The van der Waals surface area contributed by atoms with Crippen molar-refractivity contribution in [3.8, 4) is 0 Å². The fourth-order valence-electron chi connectivity index (χ4n) is 3.30. The summed E-state index contributed by atoms with van der Waals surface area (Å²) in [6.07, 6.45) is 1.19. The number of nitrogens with one attached hydrogen (secondary N) is 1. The van der Waals surface area contributed by atoms with Crippen molar-refractivity contribution in [2.24, 2.45) is 0 Å². The number of hydrogen-bond donors (Lipinski definition) is 1. The van der Waals surface area contributed by atoms with Crippen LogP contribution in [0.25, 0.3) is 0 Å². The number of amides is 2. The minimum absolute atomic E-state index is 0. The van der Waals surface area contributed by atoms with Crippen molar-refractivity contribution in [1.82, 2.24) is 4.90 Å². The third-order valence-electron chi connectivity index (χ3n) is 4.45. The van der Waals surface area contributed by atoms with Crippen LogP contribution in [0.5, 0.6) is 0 Å². The van der Waals surface area contributed by atoms with Crippen molar-refractivity contribution in [2.45, 2.75) is 19.8 Å². The first-order valence-corrected chi connectivity index (χ1v) is 9.12. The van der Waals surface area contributed by atoms with Crippen molar-refractivity contribution >= 4 is 29.1 Å². The Kier molecular flexibility index (Phi) is 7.43. The van der Waals surface area contributed by atoms with Crippen molar-refractivity contribution < 1.29 is 26.7 Å². The Morgan fingerprint density at radius 1 is 1.07 bits per heavy atom. The van der Waals surface area contributed by atoms with Gasteiger partial charge in [-0.1, -0.05) is 24.3 Å². The molecule has 0 spiro atoms. The summed E-state index contributed by atoms with van der Waals surface area (Å²) < 4.78 is 4.96. The summed E-state index contributed by atoms with van der Waals surface area (Å²) in [7, 11) is 3.75. The number of para-hydroxylation sites is 1. The number of nitrogens with zero attached hydrogens (tertiary/aromatic N) is 2. The average molecular weight is 403 g/mol.